The van der Waals surface area contributed by atoms with E-state index < -0.39 is 0 Å². The van der Waals surface area contributed by atoms with Crippen LogP contribution >= 0.6 is 24.4 Å². The lowest BCUT2D eigenvalue weighted by molar-refractivity contribution is 0.699. The Morgan fingerprint density at radius 2 is 2.00 bits per heavy atom. The topological polar surface area (TPSA) is 38.0 Å². The van der Waals surface area contributed by atoms with Crippen LogP contribution in [0.3, 0.4) is 0 Å². The molecule has 0 aliphatic carbocycles. The molecule has 0 fully saturated rings. The number of hydrogen-bond donors (Lipinski definition) is 2. The number of unbranched alkanes of at least 4 members (excludes halogenated alkanes) is 2. The van der Waals surface area contributed by atoms with E-state index in [9.17, 15) is 0 Å². The molecular weight excluding hydrogens is 176 g/mol. The fourth-order valence-electron chi connectivity index (χ4n) is 0.664. The minimum Gasteiger partial charge on any atom is -0.388 e. The van der Waals surface area contributed by atoms with Gasteiger partial charge in [0, 0.05) is 6.54 Å². The predicted octanol–water partition coefficient (Wildman–Crippen LogP) is 1.38. The highest BCUT2D eigenvalue weighted by molar-refractivity contribution is 7.89. The Kier molecular flexibility index (Phi) is 6.36. The lowest BCUT2D eigenvalue weighted by atomic mass is 10.2. The fraction of sp³-hybridized carbons (Fsp3) is 0.714. The summed E-state index contributed by atoms with van der Waals surface area (Å²) in [6.45, 7) is 3.04. The van der Waals surface area contributed by atoms with Gasteiger partial charge < -0.3 is 11.1 Å². The summed E-state index contributed by atoms with van der Waals surface area (Å²) < 4.78 is 0. The normalized spacial score (nSPS) is 9.18. The second-order valence-corrected chi connectivity index (χ2v) is 3.18. The van der Waals surface area contributed by atoms with E-state index in [1.54, 1.807) is 0 Å². The van der Waals surface area contributed by atoms with E-state index >= 15 is 0 Å². The van der Waals surface area contributed by atoms with Crippen LogP contribution in [0.4, 0.5) is 0 Å². The number of nitrogens with one attached hydrogen (secondary N) is 1. The minimum absolute atomic E-state index is 0.288. The Hall–Kier alpha value is -0.220. The standard InChI is InChI=1S/C7H14N2S2/c1-2-3-4-5-9-7(11)6(8)10/h2-5H2,1H3,(H2,8,10)(H,9,11). The average Bonchev–Trinajstić information content (AvgIpc) is 1.97. The van der Waals surface area contributed by atoms with Crippen LogP contribution in [0.2, 0.25) is 0 Å². The van der Waals surface area contributed by atoms with Crippen LogP contribution in [-0.4, -0.2) is 16.5 Å². The molecule has 0 aliphatic heterocycles. The zero-order valence-electron chi connectivity index (χ0n) is 6.72. The molecule has 0 atom stereocenters. The van der Waals surface area contributed by atoms with Crippen LogP contribution in [0.15, 0.2) is 0 Å². The Balaban J connectivity index is 3.25. The molecular formula is C7H14N2S2. The third-order valence-electron chi connectivity index (χ3n) is 1.29. The number of rotatable bonds is 4. The molecule has 2 nitrogen and oxygen atoms in total. The molecule has 0 aromatic rings. The highest BCUT2D eigenvalue weighted by Crippen LogP contribution is 1.91. The Morgan fingerprint density at radius 1 is 1.36 bits per heavy atom. The van der Waals surface area contributed by atoms with E-state index in [1.165, 1.54) is 12.8 Å². The van der Waals surface area contributed by atoms with Crippen LogP contribution in [-0.2, 0) is 0 Å². The molecule has 64 valence electrons. The summed E-state index contributed by atoms with van der Waals surface area (Å²) in [7, 11) is 0. The van der Waals surface area contributed by atoms with Crippen molar-refractivity contribution in [2.75, 3.05) is 6.54 Å². The summed E-state index contributed by atoms with van der Waals surface area (Å²) in [5, 5.41) is 2.98. The first-order valence-corrected chi connectivity index (χ1v) is 4.57. The quantitative estimate of drug-likeness (QED) is 0.519. The number of nitrogens with two attached hydrogens (primary N) is 1. The van der Waals surface area contributed by atoms with E-state index in [0.29, 0.717) is 4.99 Å². The lowest BCUT2D eigenvalue weighted by Crippen LogP contribution is -2.33. The predicted molar refractivity (Wildman–Crippen MR) is 56.9 cm³/mol. The molecule has 0 bridgehead atoms. The summed E-state index contributed by atoms with van der Waals surface area (Å²) in [5.74, 6) is 0. The average molecular weight is 190 g/mol. The molecule has 0 saturated heterocycles. The van der Waals surface area contributed by atoms with Gasteiger partial charge in [-0.1, -0.05) is 44.2 Å². The first-order valence-electron chi connectivity index (χ1n) is 3.76. The van der Waals surface area contributed by atoms with E-state index in [0.717, 1.165) is 13.0 Å². The highest BCUT2D eigenvalue weighted by atomic mass is 32.1. The monoisotopic (exact) mass is 190 g/mol. The maximum atomic E-state index is 5.28. The molecule has 0 aromatic heterocycles. The summed E-state index contributed by atoms with van der Waals surface area (Å²) in [5.41, 5.74) is 5.28. The maximum absolute atomic E-state index is 5.28. The molecule has 0 rings (SSSR count). The van der Waals surface area contributed by atoms with Crippen molar-refractivity contribution in [3.05, 3.63) is 0 Å². The van der Waals surface area contributed by atoms with E-state index in [2.05, 4.69) is 24.5 Å². The molecule has 3 N–H and O–H groups in total. The van der Waals surface area contributed by atoms with Gasteiger partial charge in [0.25, 0.3) is 0 Å². The van der Waals surface area contributed by atoms with Crippen LogP contribution in [0.5, 0.6) is 0 Å². The fourth-order valence-corrected chi connectivity index (χ4v) is 0.838. The van der Waals surface area contributed by atoms with Crippen molar-refractivity contribution in [3.63, 3.8) is 0 Å². The maximum Gasteiger partial charge on any atom is 0.133 e. The Bertz CT molecular complexity index is 145. The molecule has 0 saturated carbocycles. The van der Waals surface area contributed by atoms with Crippen molar-refractivity contribution >= 4 is 34.4 Å². The van der Waals surface area contributed by atoms with Crippen molar-refractivity contribution in [2.45, 2.75) is 26.2 Å². The van der Waals surface area contributed by atoms with Crippen LogP contribution in [0, 0.1) is 0 Å². The van der Waals surface area contributed by atoms with Crippen molar-refractivity contribution in [2.24, 2.45) is 5.73 Å². The lowest BCUT2D eigenvalue weighted by Gasteiger charge is -2.04. The van der Waals surface area contributed by atoms with E-state index in [-0.39, 0.29) is 4.99 Å². The zero-order chi connectivity index (χ0) is 8.69. The third-order valence-corrected chi connectivity index (χ3v) is 1.99. The second-order valence-electron chi connectivity index (χ2n) is 2.33. The second kappa shape index (κ2) is 6.49. The number of hydrogen-bond acceptors (Lipinski definition) is 2. The van der Waals surface area contributed by atoms with Gasteiger partial charge in [-0.3, -0.25) is 0 Å². The smallest absolute Gasteiger partial charge is 0.133 e. The molecule has 0 heterocycles. The van der Waals surface area contributed by atoms with Gasteiger partial charge in [-0.2, -0.15) is 0 Å². The molecule has 0 aliphatic rings. The van der Waals surface area contributed by atoms with Gasteiger partial charge in [0.05, 0.1) is 0 Å². The van der Waals surface area contributed by atoms with Gasteiger partial charge in [-0.15, -0.1) is 0 Å². The third kappa shape index (κ3) is 6.19. The van der Waals surface area contributed by atoms with Gasteiger partial charge >= 0.3 is 0 Å². The first kappa shape index (κ1) is 10.8. The van der Waals surface area contributed by atoms with Gasteiger partial charge in [0.15, 0.2) is 0 Å². The molecule has 0 spiro atoms. The van der Waals surface area contributed by atoms with Crippen molar-refractivity contribution < 1.29 is 0 Å². The largest absolute Gasteiger partial charge is 0.388 e. The molecule has 0 amide bonds. The van der Waals surface area contributed by atoms with Gasteiger partial charge in [0.2, 0.25) is 0 Å². The van der Waals surface area contributed by atoms with Crippen LogP contribution in [0.25, 0.3) is 0 Å². The van der Waals surface area contributed by atoms with Crippen LogP contribution < -0.4 is 11.1 Å². The van der Waals surface area contributed by atoms with Gasteiger partial charge in [-0.05, 0) is 6.42 Å². The molecule has 4 heteroatoms. The van der Waals surface area contributed by atoms with Crippen molar-refractivity contribution in [1.29, 1.82) is 0 Å². The van der Waals surface area contributed by atoms with Gasteiger partial charge in [0.1, 0.15) is 9.98 Å². The first-order chi connectivity index (χ1) is 5.18. The van der Waals surface area contributed by atoms with Crippen LogP contribution in [0.1, 0.15) is 26.2 Å². The van der Waals surface area contributed by atoms with E-state index in [4.69, 9.17) is 18.0 Å². The summed E-state index contributed by atoms with van der Waals surface area (Å²) in [6.07, 6.45) is 3.55. The minimum atomic E-state index is 0.288. The molecule has 0 radical (unpaired) electrons. The summed E-state index contributed by atoms with van der Waals surface area (Å²) in [4.78, 5) is 0.799. The van der Waals surface area contributed by atoms with Gasteiger partial charge in [-0.25, -0.2) is 0 Å². The van der Waals surface area contributed by atoms with Crippen molar-refractivity contribution in [1.82, 2.24) is 5.32 Å². The zero-order valence-corrected chi connectivity index (χ0v) is 8.36. The van der Waals surface area contributed by atoms with E-state index in [1.807, 2.05) is 0 Å². The molecule has 0 unspecified atom stereocenters. The molecule has 0 aromatic carbocycles. The summed E-state index contributed by atoms with van der Waals surface area (Å²) >= 11 is 9.52. The Labute approximate surface area is 78.5 Å². The summed E-state index contributed by atoms with van der Waals surface area (Å²) in [6, 6.07) is 0. The highest BCUT2D eigenvalue weighted by Gasteiger charge is 1.96. The van der Waals surface area contributed by atoms with Crippen molar-refractivity contribution in [3.8, 4) is 0 Å². The molecule has 11 heavy (non-hydrogen) atoms. The Morgan fingerprint density at radius 3 is 2.45 bits per heavy atom. The SMILES string of the molecule is CCCCCNC(=S)C(N)=S. The number of thiocarbonyl (C=S) groups is 2.